The first kappa shape index (κ1) is 14.9. The minimum absolute atomic E-state index is 0.102. The van der Waals surface area contributed by atoms with E-state index in [0.717, 1.165) is 12.2 Å². The largest absolute Gasteiger partial charge is 0.484 e. The maximum atomic E-state index is 10.6. The molecule has 0 bridgehead atoms. The van der Waals surface area contributed by atoms with Gasteiger partial charge >= 0.3 is 0 Å². The third-order valence-electron chi connectivity index (χ3n) is 3.35. The monoisotopic (exact) mass is 284 g/mol. The van der Waals surface area contributed by atoms with Gasteiger partial charge in [0.2, 0.25) is 0 Å². The number of carbonyl (C=O) groups excluding carboxylic acids is 1. The van der Waals surface area contributed by atoms with Crippen LogP contribution in [0.25, 0.3) is 0 Å². The molecule has 0 aromatic heterocycles. The number of nitrogens with one attached hydrogen (secondary N) is 1. The number of hydrogen-bond acceptors (Lipinski definition) is 3. The molecule has 0 aliphatic rings. The van der Waals surface area contributed by atoms with Gasteiger partial charge in [0, 0.05) is 12.2 Å². The van der Waals surface area contributed by atoms with E-state index in [1.807, 2.05) is 24.3 Å². The van der Waals surface area contributed by atoms with Gasteiger partial charge in [-0.2, -0.15) is 0 Å². The summed E-state index contributed by atoms with van der Waals surface area (Å²) in [6.45, 7) is 4.91. The lowest BCUT2D eigenvalue weighted by Gasteiger charge is -2.12. The van der Waals surface area contributed by atoms with Crippen LogP contribution in [0.4, 0.5) is 5.69 Å². The number of nitrogens with two attached hydrogens (primary N) is 1. The predicted molar refractivity (Wildman–Crippen MR) is 84.4 cm³/mol. The van der Waals surface area contributed by atoms with E-state index < -0.39 is 5.91 Å². The van der Waals surface area contributed by atoms with E-state index in [0.29, 0.717) is 5.75 Å². The Labute approximate surface area is 124 Å². The highest BCUT2D eigenvalue weighted by molar-refractivity contribution is 5.75. The van der Waals surface area contributed by atoms with Crippen LogP contribution in [0, 0.1) is 13.8 Å². The molecule has 0 fully saturated rings. The molecule has 0 saturated heterocycles. The molecule has 4 heteroatoms. The van der Waals surface area contributed by atoms with Crippen LogP contribution in [0.2, 0.25) is 0 Å². The van der Waals surface area contributed by atoms with Crippen molar-refractivity contribution in [1.29, 1.82) is 0 Å². The first-order chi connectivity index (χ1) is 10.1. The predicted octanol–water partition coefficient (Wildman–Crippen LogP) is 2.78. The summed E-state index contributed by atoms with van der Waals surface area (Å²) in [6.07, 6.45) is 0. The fraction of sp³-hybridized carbons (Fsp3) is 0.235. The van der Waals surface area contributed by atoms with Crippen LogP contribution in [-0.2, 0) is 11.3 Å². The summed E-state index contributed by atoms with van der Waals surface area (Å²) in [7, 11) is 0. The van der Waals surface area contributed by atoms with E-state index in [1.54, 1.807) is 0 Å². The van der Waals surface area contributed by atoms with Gasteiger partial charge in [0.05, 0.1) is 0 Å². The van der Waals surface area contributed by atoms with Crippen molar-refractivity contribution in [2.24, 2.45) is 5.73 Å². The fourth-order valence-corrected chi connectivity index (χ4v) is 2.14. The molecule has 4 nitrogen and oxygen atoms in total. The minimum atomic E-state index is -0.479. The minimum Gasteiger partial charge on any atom is -0.484 e. The van der Waals surface area contributed by atoms with Crippen molar-refractivity contribution >= 4 is 11.6 Å². The second kappa shape index (κ2) is 6.79. The number of aryl methyl sites for hydroxylation is 2. The number of primary amides is 1. The Morgan fingerprint density at radius 1 is 1.10 bits per heavy atom. The molecule has 0 aliphatic carbocycles. The lowest BCUT2D eigenvalue weighted by molar-refractivity contribution is -0.119. The van der Waals surface area contributed by atoms with Gasteiger partial charge in [-0.3, -0.25) is 4.79 Å². The third kappa shape index (κ3) is 4.24. The molecule has 2 aromatic carbocycles. The van der Waals surface area contributed by atoms with Crippen molar-refractivity contribution < 1.29 is 9.53 Å². The maximum absolute atomic E-state index is 10.6. The molecule has 2 rings (SSSR count). The Bertz CT molecular complexity index is 601. The van der Waals surface area contributed by atoms with E-state index in [4.69, 9.17) is 10.5 Å². The van der Waals surface area contributed by atoms with Crippen LogP contribution in [0.15, 0.2) is 42.5 Å². The molecule has 0 aliphatic heterocycles. The number of benzene rings is 2. The zero-order valence-corrected chi connectivity index (χ0v) is 12.3. The normalized spacial score (nSPS) is 10.2. The van der Waals surface area contributed by atoms with Crippen LogP contribution >= 0.6 is 0 Å². The first-order valence-electron chi connectivity index (χ1n) is 6.86. The summed E-state index contributed by atoms with van der Waals surface area (Å²) in [5, 5.41) is 3.39. The average molecular weight is 284 g/mol. The molecule has 0 unspecified atom stereocenters. The molecule has 2 aromatic rings. The van der Waals surface area contributed by atoms with Crippen LogP contribution in [0.5, 0.6) is 5.75 Å². The fourth-order valence-electron chi connectivity index (χ4n) is 2.14. The number of anilines is 1. The summed E-state index contributed by atoms with van der Waals surface area (Å²) in [4.78, 5) is 10.6. The lowest BCUT2D eigenvalue weighted by Crippen LogP contribution is -2.19. The third-order valence-corrected chi connectivity index (χ3v) is 3.35. The molecule has 110 valence electrons. The van der Waals surface area contributed by atoms with Gasteiger partial charge in [-0.1, -0.05) is 18.2 Å². The maximum Gasteiger partial charge on any atom is 0.255 e. The van der Waals surface area contributed by atoms with Crippen LogP contribution < -0.4 is 15.8 Å². The smallest absolute Gasteiger partial charge is 0.255 e. The van der Waals surface area contributed by atoms with E-state index in [2.05, 4.69) is 37.4 Å². The second-order valence-electron chi connectivity index (χ2n) is 5.00. The molecule has 21 heavy (non-hydrogen) atoms. The topological polar surface area (TPSA) is 64.3 Å². The van der Waals surface area contributed by atoms with Gasteiger partial charge in [0.15, 0.2) is 6.61 Å². The van der Waals surface area contributed by atoms with Crippen LogP contribution in [-0.4, -0.2) is 12.5 Å². The van der Waals surface area contributed by atoms with Gasteiger partial charge < -0.3 is 15.8 Å². The highest BCUT2D eigenvalue weighted by Gasteiger charge is 2.02. The van der Waals surface area contributed by atoms with Crippen molar-refractivity contribution in [2.45, 2.75) is 20.4 Å². The van der Waals surface area contributed by atoms with Crippen molar-refractivity contribution in [1.82, 2.24) is 0 Å². The number of ether oxygens (including phenoxy) is 1. The first-order valence-corrected chi connectivity index (χ1v) is 6.86. The zero-order chi connectivity index (χ0) is 15.2. The van der Waals surface area contributed by atoms with E-state index >= 15 is 0 Å². The Balaban J connectivity index is 1.96. The van der Waals surface area contributed by atoms with Gasteiger partial charge in [0.25, 0.3) is 5.91 Å². The molecule has 0 spiro atoms. The molecule has 0 radical (unpaired) electrons. The van der Waals surface area contributed by atoms with Crippen molar-refractivity contribution in [2.75, 3.05) is 11.9 Å². The van der Waals surface area contributed by atoms with Crippen LogP contribution in [0.3, 0.4) is 0 Å². The van der Waals surface area contributed by atoms with Gasteiger partial charge in [-0.25, -0.2) is 0 Å². The molecule has 3 N–H and O–H groups in total. The molecule has 0 heterocycles. The van der Waals surface area contributed by atoms with Crippen molar-refractivity contribution in [3.05, 3.63) is 59.2 Å². The van der Waals surface area contributed by atoms with Gasteiger partial charge in [0.1, 0.15) is 5.75 Å². The molecular formula is C17H20N2O2. The number of hydrogen-bond donors (Lipinski definition) is 2. The lowest BCUT2D eigenvalue weighted by atomic mass is 10.0. The Morgan fingerprint density at radius 2 is 1.71 bits per heavy atom. The highest BCUT2D eigenvalue weighted by atomic mass is 16.5. The number of carbonyl (C=O) groups is 1. The summed E-state index contributed by atoms with van der Waals surface area (Å²) < 4.78 is 5.22. The molecule has 0 saturated carbocycles. The zero-order valence-electron chi connectivity index (χ0n) is 12.3. The van der Waals surface area contributed by atoms with Gasteiger partial charge in [-0.15, -0.1) is 0 Å². The molecule has 1 amide bonds. The Hall–Kier alpha value is -2.49. The molecular weight excluding hydrogens is 264 g/mol. The molecule has 0 atom stereocenters. The average Bonchev–Trinajstić information content (AvgIpc) is 2.46. The second-order valence-corrected chi connectivity index (χ2v) is 5.00. The summed E-state index contributed by atoms with van der Waals surface area (Å²) in [5.74, 6) is 0.152. The van der Waals surface area contributed by atoms with Crippen molar-refractivity contribution in [3.8, 4) is 5.75 Å². The van der Waals surface area contributed by atoms with Crippen LogP contribution in [0.1, 0.15) is 16.7 Å². The standard InChI is InChI=1S/C17H20N2O2/c1-12-4-3-5-13(2)16(12)10-19-14-6-8-15(9-7-14)21-11-17(18)20/h3-9,19H,10-11H2,1-2H3,(H2,18,20). The number of rotatable bonds is 6. The number of amides is 1. The quantitative estimate of drug-likeness (QED) is 0.857. The SMILES string of the molecule is Cc1cccc(C)c1CNc1ccc(OCC(N)=O)cc1. The van der Waals surface area contributed by atoms with E-state index in [1.165, 1.54) is 16.7 Å². The summed E-state index contributed by atoms with van der Waals surface area (Å²) in [6, 6.07) is 13.8. The van der Waals surface area contributed by atoms with Crippen molar-refractivity contribution in [3.63, 3.8) is 0 Å². The summed E-state index contributed by atoms with van der Waals surface area (Å²) >= 11 is 0. The highest BCUT2D eigenvalue weighted by Crippen LogP contribution is 2.18. The van der Waals surface area contributed by atoms with E-state index in [-0.39, 0.29) is 6.61 Å². The van der Waals surface area contributed by atoms with Gasteiger partial charge in [-0.05, 0) is 54.8 Å². The Kier molecular flexibility index (Phi) is 4.82. The Morgan fingerprint density at radius 3 is 2.29 bits per heavy atom. The summed E-state index contributed by atoms with van der Waals surface area (Å²) in [5.41, 5.74) is 9.91. The van der Waals surface area contributed by atoms with E-state index in [9.17, 15) is 4.79 Å².